The molecule has 0 bridgehead atoms. The fraction of sp³-hybridized carbons (Fsp3) is 1.00. The van der Waals surface area contributed by atoms with Gasteiger partial charge in [0, 0.05) is 13.2 Å². The third-order valence-corrected chi connectivity index (χ3v) is 3.96. The van der Waals surface area contributed by atoms with Crippen LogP contribution >= 0.6 is 0 Å². The lowest BCUT2D eigenvalue weighted by molar-refractivity contribution is 0.151. The number of rotatable bonds is 9. The highest BCUT2D eigenvalue weighted by molar-refractivity contribution is 4.90. The molecule has 1 aliphatic rings. The summed E-state index contributed by atoms with van der Waals surface area (Å²) in [5.41, 5.74) is 6.24. The minimum absolute atomic E-state index is 0.106. The van der Waals surface area contributed by atoms with Gasteiger partial charge in [0.15, 0.2) is 0 Å². The molecule has 0 aliphatic carbocycles. The lowest BCUT2D eigenvalue weighted by Gasteiger charge is -2.31. The van der Waals surface area contributed by atoms with Gasteiger partial charge in [-0.25, -0.2) is 0 Å². The molecule has 0 saturated carbocycles. The number of nitrogens with two attached hydrogens (primary N) is 1. The molecule has 2 N–H and O–H groups in total. The second-order valence-corrected chi connectivity index (χ2v) is 5.41. The monoisotopic (exact) mass is 257 g/mol. The van der Waals surface area contributed by atoms with Crippen LogP contribution in [0.5, 0.6) is 0 Å². The van der Waals surface area contributed by atoms with E-state index in [9.17, 15) is 0 Å². The van der Waals surface area contributed by atoms with Crippen molar-refractivity contribution in [2.24, 2.45) is 5.73 Å². The van der Waals surface area contributed by atoms with Gasteiger partial charge in [0.25, 0.3) is 0 Å². The zero-order valence-electron chi connectivity index (χ0n) is 12.5. The van der Waals surface area contributed by atoms with E-state index in [4.69, 9.17) is 10.5 Å². The number of hydrogen-bond donors (Lipinski definition) is 1. The van der Waals surface area contributed by atoms with Crippen LogP contribution in [0.25, 0.3) is 0 Å². The molecule has 18 heavy (non-hydrogen) atoms. The Hall–Kier alpha value is -0.160. The summed E-state index contributed by atoms with van der Waals surface area (Å²) in [6.45, 7) is 14.9. The van der Waals surface area contributed by atoms with E-state index in [0.717, 1.165) is 52.4 Å². The second kappa shape index (κ2) is 8.10. The third-order valence-electron chi connectivity index (χ3n) is 3.96. The fourth-order valence-electron chi connectivity index (χ4n) is 2.60. The predicted octanol–water partition coefficient (Wildman–Crippen LogP) is 1.16. The maximum atomic E-state index is 6.34. The maximum absolute atomic E-state index is 6.34. The molecule has 108 valence electrons. The van der Waals surface area contributed by atoms with E-state index in [1.54, 1.807) is 0 Å². The van der Waals surface area contributed by atoms with Gasteiger partial charge < -0.3 is 20.3 Å². The number of hydrogen-bond acceptors (Lipinski definition) is 4. The molecule has 0 radical (unpaired) electrons. The van der Waals surface area contributed by atoms with Gasteiger partial charge in [-0.2, -0.15) is 0 Å². The molecule has 1 aliphatic heterocycles. The lowest BCUT2D eigenvalue weighted by atomic mass is 9.99. The van der Waals surface area contributed by atoms with Crippen LogP contribution in [0.4, 0.5) is 0 Å². The summed E-state index contributed by atoms with van der Waals surface area (Å²) in [5, 5.41) is 0. The smallest absolute Gasteiger partial charge is 0.0659 e. The van der Waals surface area contributed by atoms with Crippen molar-refractivity contribution >= 4 is 0 Å². The van der Waals surface area contributed by atoms with Gasteiger partial charge in [-0.15, -0.1) is 0 Å². The number of ether oxygens (including phenoxy) is 1. The molecule has 4 nitrogen and oxygen atoms in total. The van der Waals surface area contributed by atoms with Gasteiger partial charge in [-0.1, -0.05) is 20.8 Å². The van der Waals surface area contributed by atoms with Crippen molar-refractivity contribution in [3.63, 3.8) is 0 Å². The van der Waals surface area contributed by atoms with Crippen LogP contribution < -0.4 is 5.73 Å². The van der Waals surface area contributed by atoms with E-state index >= 15 is 0 Å². The molecule has 1 fully saturated rings. The molecular formula is C14H31N3O. The van der Waals surface area contributed by atoms with E-state index in [1.807, 2.05) is 0 Å². The van der Waals surface area contributed by atoms with Crippen LogP contribution in [0.3, 0.4) is 0 Å². The highest BCUT2D eigenvalue weighted by atomic mass is 16.5. The van der Waals surface area contributed by atoms with Crippen molar-refractivity contribution in [1.82, 2.24) is 9.80 Å². The van der Waals surface area contributed by atoms with Gasteiger partial charge in [-0.3, -0.25) is 0 Å². The zero-order chi connectivity index (χ0) is 13.4. The van der Waals surface area contributed by atoms with Crippen molar-refractivity contribution in [1.29, 1.82) is 0 Å². The Balaban J connectivity index is 2.24. The molecule has 0 amide bonds. The Kier molecular flexibility index (Phi) is 7.15. The third kappa shape index (κ3) is 5.22. The summed E-state index contributed by atoms with van der Waals surface area (Å²) in [5.74, 6) is 0. The molecule has 0 spiro atoms. The van der Waals surface area contributed by atoms with Crippen molar-refractivity contribution < 1.29 is 4.74 Å². The van der Waals surface area contributed by atoms with Gasteiger partial charge in [0.2, 0.25) is 0 Å². The molecule has 1 saturated heterocycles. The number of nitrogens with zero attached hydrogens (tertiary/aromatic N) is 2. The van der Waals surface area contributed by atoms with E-state index in [2.05, 4.69) is 30.6 Å². The topological polar surface area (TPSA) is 41.7 Å². The Morgan fingerprint density at radius 1 is 1.06 bits per heavy atom. The van der Waals surface area contributed by atoms with Crippen molar-refractivity contribution in [2.45, 2.75) is 39.2 Å². The van der Waals surface area contributed by atoms with Gasteiger partial charge in [0.1, 0.15) is 0 Å². The van der Waals surface area contributed by atoms with Gasteiger partial charge in [-0.05, 0) is 45.6 Å². The summed E-state index contributed by atoms with van der Waals surface area (Å²) < 4.78 is 5.42. The minimum atomic E-state index is -0.106. The van der Waals surface area contributed by atoms with Crippen molar-refractivity contribution in [2.75, 3.05) is 52.5 Å². The minimum Gasteiger partial charge on any atom is -0.379 e. The second-order valence-electron chi connectivity index (χ2n) is 5.41. The first kappa shape index (κ1) is 15.9. The molecule has 0 aromatic heterocycles. The average molecular weight is 257 g/mol. The van der Waals surface area contributed by atoms with E-state index < -0.39 is 0 Å². The summed E-state index contributed by atoms with van der Waals surface area (Å²) in [4.78, 5) is 4.95. The van der Waals surface area contributed by atoms with Crippen LogP contribution in [0, 0.1) is 0 Å². The molecule has 0 aromatic carbocycles. The van der Waals surface area contributed by atoms with Gasteiger partial charge in [0.05, 0.1) is 12.1 Å². The normalized spacial score (nSPS) is 24.3. The van der Waals surface area contributed by atoms with Crippen LogP contribution in [-0.2, 0) is 4.74 Å². The Labute approximate surface area is 112 Å². The molecule has 1 unspecified atom stereocenters. The molecule has 1 atom stereocenters. The maximum Gasteiger partial charge on any atom is 0.0659 e. The van der Waals surface area contributed by atoms with Crippen LogP contribution in [0.1, 0.15) is 33.6 Å². The molecule has 1 heterocycles. The first-order valence-electron chi connectivity index (χ1n) is 7.45. The Morgan fingerprint density at radius 2 is 1.67 bits per heavy atom. The Morgan fingerprint density at radius 3 is 2.17 bits per heavy atom. The Bertz CT molecular complexity index is 213. The summed E-state index contributed by atoms with van der Waals surface area (Å²) >= 11 is 0. The largest absolute Gasteiger partial charge is 0.379 e. The van der Waals surface area contributed by atoms with E-state index in [-0.39, 0.29) is 5.54 Å². The first-order chi connectivity index (χ1) is 8.63. The number of likely N-dealkylation sites (N-methyl/N-ethyl adjacent to an activating group) is 1. The molecule has 4 heteroatoms. The highest BCUT2D eigenvalue weighted by Crippen LogP contribution is 2.17. The van der Waals surface area contributed by atoms with Crippen molar-refractivity contribution in [3.05, 3.63) is 0 Å². The standard InChI is InChI=1S/C14H31N3O/c1-4-16(5-2)9-7-10-17(6-3)12-14(15)8-11-18-13-14/h4-13,15H2,1-3H3. The highest BCUT2D eigenvalue weighted by Gasteiger charge is 2.31. The van der Waals surface area contributed by atoms with Crippen LogP contribution in [-0.4, -0.2) is 67.8 Å². The lowest BCUT2D eigenvalue weighted by Crippen LogP contribution is -2.51. The van der Waals surface area contributed by atoms with Crippen molar-refractivity contribution in [3.8, 4) is 0 Å². The fourth-order valence-corrected chi connectivity index (χ4v) is 2.60. The average Bonchev–Trinajstić information content (AvgIpc) is 2.80. The quantitative estimate of drug-likeness (QED) is 0.673. The zero-order valence-corrected chi connectivity index (χ0v) is 12.5. The van der Waals surface area contributed by atoms with Crippen LogP contribution in [0.2, 0.25) is 0 Å². The molecule has 0 aromatic rings. The molecule has 1 rings (SSSR count). The van der Waals surface area contributed by atoms with E-state index in [0.29, 0.717) is 0 Å². The first-order valence-corrected chi connectivity index (χ1v) is 7.45. The predicted molar refractivity (Wildman–Crippen MR) is 76.9 cm³/mol. The van der Waals surface area contributed by atoms with Crippen LogP contribution in [0.15, 0.2) is 0 Å². The van der Waals surface area contributed by atoms with E-state index in [1.165, 1.54) is 13.0 Å². The summed E-state index contributed by atoms with van der Waals surface area (Å²) in [7, 11) is 0. The summed E-state index contributed by atoms with van der Waals surface area (Å²) in [6, 6.07) is 0. The SMILES string of the molecule is CCN(CC)CCCN(CC)CC1(N)CCOC1. The molecular weight excluding hydrogens is 226 g/mol. The van der Waals surface area contributed by atoms with Gasteiger partial charge >= 0.3 is 0 Å². The summed E-state index contributed by atoms with van der Waals surface area (Å²) in [6.07, 6.45) is 2.23.